The number of rotatable bonds is 5. The minimum absolute atomic E-state index is 0.0310. The highest BCUT2D eigenvalue weighted by atomic mass is 32.1. The summed E-state index contributed by atoms with van der Waals surface area (Å²) in [5, 5.41) is 3.96. The van der Waals surface area contributed by atoms with Crippen LogP contribution in [0.15, 0.2) is 60.8 Å². The van der Waals surface area contributed by atoms with Gasteiger partial charge >= 0.3 is 0 Å². The van der Waals surface area contributed by atoms with Gasteiger partial charge < -0.3 is 5.32 Å². The second-order valence-electron chi connectivity index (χ2n) is 5.36. The quantitative estimate of drug-likeness (QED) is 0.772. The maximum absolute atomic E-state index is 12.0. The van der Waals surface area contributed by atoms with E-state index in [1.54, 1.807) is 11.3 Å². The van der Waals surface area contributed by atoms with Crippen molar-refractivity contribution in [3.8, 4) is 11.1 Å². The van der Waals surface area contributed by atoms with Crippen molar-refractivity contribution in [3.05, 3.63) is 76.2 Å². The number of aryl methyl sites for hydroxylation is 1. The molecule has 0 aliphatic rings. The van der Waals surface area contributed by atoms with Crippen LogP contribution in [0.25, 0.3) is 11.1 Å². The number of carbonyl (C=O) groups is 1. The van der Waals surface area contributed by atoms with E-state index in [0.717, 1.165) is 21.0 Å². The van der Waals surface area contributed by atoms with Crippen LogP contribution in [0.1, 0.15) is 15.4 Å². The van der Waals surface area contributed by atoms with E-state index in [2.05, 4.69) is 34.6 Å². The first-order chi connectivity index (χ1) is 11.2. The summed E-state index contributed by atoms with van der Waals surface area (Å²) in [6.45, 7) is 2.51. The van der Waals surface area contributed by atoms with Crippen LogP contribution in [0.2, 0.25) is 0 Å². The van der Waals surface area contributed by atoms with Crippen molar-refractivity contribution in [1.82, 2.24) is 10.3 Å². The first-order valence-electron chi connectivity index (χ1n) is 7.53. The molecule has 0 radical (unpaired) electrons. The highest BCUT2D eigenvalue weighted by Gasteiger charge is 2.05. The fraction of sp³-hybridized carbons (Fsp3) is 0.158. The van der Waals surface area contributed by atoms with Gasteiger partial charge in [-0.3, -0.25) is 4.79 Å². The number of benzene rings is 2. The molecule has 1 heterocycles. The van der Waals surface area contributed by atoms with Gasteiger partial charge in [0, 0.05) is 11.1 Å². The second-order valence-corrected chi connectivity index (χ2v) is 6.68. The Kier molecular flexibility index (Phi) is 4.83. The van der Waals surface area contributed by atoms with Crippen LogP contribution in [0.3, 0.4) is 0 Å². The first-order valence-corrected chi connectivity index (χ1v) is 8.35. The van der Waals surface area contributed by atoms with Gasteiger partial charge in [-0.15, -0.1) is 11.3 Å². The van der Waals surface area contributed by atoms with Crippen LogP contribution >= 0.6 is 11.3 Å². The van der Waals surface area contributed by atoms with Gasteiger partial charge in [0.1, 0.15) is 0 Å². The molecule has 3 rings (SSSR count). The molecule has 2 aromatic carbocycles. The summed E-state index contributed by atoms with van der Waals surface area (Å²) in [6, 6.07) is 18.4. The molecule has 3 nitrogen and oxygen atoms in total. The van der Waals surface area contributed by atoms with Crippen LogP contribution in [-0.4, -0.2) is 10.9 Å². The molecule has 23 heavy (non-hydrogen) atoms. The SMILES string of the molecule is Cc1ncc(CNC(=O)Cc2ccc(-c3ccccc3)cc2)s1. The summed E-state index contributed by atoms with van der Waals surface area (Å²) in [6.07, 6.45) is 2.21. The van der Waals surface area contributed by atoms with E-state index in [9.17, 15) is 4.79 Å². The molecule has 0 saturated heterocycles. The van der Waals surface area contributed by atoms with Gasteiger partial charge in [0.15, 0.2) is 0 Å². The van der Waals surface area contributed by atoms with Gasteiger partial charge in [0.05, 0.1) is 18.0 Å². The molecule has 0 spiro atoms. The summed E-state index contributed by atoms with van der Waals surface area (Å²) in [5.41, 5.74) is 3.36. The Morgan fingerprint density at radius 3 is 2.39 bits per heavy atom. The molecule has 0 aliphatic carbocycles. The third-order valence-corrected chi connectivity index (χ3v) is 4.47. The van der Waals surface area contributed by atoms with Crippen molar-refractivity contribution in [2.75, 3.05) is 0 Å². The highest BCUT2D eigenvalue weighted by molar-refractivity contribution is 7.11. The third kappa shape index (κ3) is 4.27. The summed E-state index contributed by atoms with van der Waals surface area (Å²) in [4.78, 5) is 17.3. The van der Waals surface area contributed by atoms with Crippen LogP contribution in [0, 0.1) is 6.92 Å². The van der Waals surface area contributed by atoms with Crippen molar-refractivity contribution in [1.29, 1.82) is 0 Å². The van der Waals surface area contributed by atoms with E-state index in [1.807, 2.05) is 43.5 Å². The van der Waals surface area contributed by atoms with E-state index in [-0.39, 0.29) is 5.91 Å². The molecule has 0 bridgehead atoms. The van der Waals surface area contributed by atoms with Crippen LogP contribution in [-0.2, 0) is 17.8 Å². The van der Waals surface area contributed by atoms with Crippen LogP contribution in [0.5, 0.6) is 0 Å². The standard InChI is InChI=1S/C19H18N2OS/c1-14-20-12-18(23-14)13-21-19(22)11-15-7-9-17(10-8-15)16-5-3-2-4-6-16/h2-10,12H,11,13H2,1H3,(H,21,22). The van der Waals surface area contributed by atoms with Crippen molar-refractivity contribution in [2.45, 2.75) is 19.9 Å². The largest absolute Gasteiger partial charge is 0.351 e. The zero-order chi connectivity index (χ0) is 16.1. The lowest BCUT2D eigenvalue weighted by Crippen LogP contribution is -2.24. The Labute approximate surface area is 140 Å². The fourth-order valence-corrected chi connectivity index (χ4v) is 3.10. The molecule has 4 heteroatoms. The number of nitrogens with one attached hydrogen (secondary N) is 1. The maximum Gasteiger partial charge on any atom is 0.224 e. The van der Waals surface area contributed by atoms with Gasteiger partial charge in [-0.25, -0.2) is 4.98 Å². The summed E-state index contributed by atoms with van der Waals surface area (Å²) < 4.78 is 0. The molecular formula is C19H18N2OS. The van der Waals surface area contributed by atoms with E-state index < -0.39 is 0 Å². The Morgan fingerprint density at radius 2 is 1.74 bits per heavy atom. The van der Waals surface area contributed by atoms with E-state index in [4.69, 9.17) is 0 Å². The van der Waals surface area contributed by atoms with Crippen molar-refractivity contribution in [2.24, 2.45) is 0 Å². The van der Waals surface area contributed by atoms with Gasteiger partial charge in [-0.05, 0) is 23.6 Å². The molecule has 0 saturated carbocycles. The van der Waals surface area contributed by atoms with Crippen molar-refractivity contribution >= 4 is 17.2 Å². The Morgan fingerprint density at radius 1 is 1.04 bits per heavy atom. The third-order valence-electron chi connectivity index (χ3n) is 3.55. The summed E-state index contributed by atoms with van der Waals surface area (Å²) in [7, 11) is 0. The van der Waals surface area contributed by atoms with Gasteiger partial charge in [-0.1, -0.05) is 54.6 Å². The average Bonchev–Trinajstić information content (AvgIpc) is 3.00. The molecule has 1 N–H and O–H groups in total. The van der Waals surface area contributed by atoms with Gasteiger partial charge in [0.2, 0.25) is 5.91 Å². The molecule has 1 aromatic heterocycles. The zero-order valence-corrected chi connectivity index (χ0v) is 13.8. The lowest BCUT2D eigenvalue weighted by Gasteiger charge is -2.06. The Balaban J connectivity index is 1.56. The zero-order valence-electron chi connectivity index (χ0n) is 13.0. The minimum atomic E-state index is 0.0310. The molecule has 3 aromatic rings. The van der Waals surface area contributed by atoms with E-state index in [0.29, 0.717) is 13.0 Å². The molecule has 0 aliphatic heterocycles. The number of hydrogen-bond acceptors (Lipinski definition) is 3. The predicted molar refractivity (Wildman–Crippen MR) is 94.3 cm³/mol. The summed E-state index contributed by atoms with van der Waals surface area (Å²) in [5.74, 6) is 0.0310. The Bertz CT molecular complexity index is 779. The Hall–Kier alpha value is -2.46. The van der Waals surface area contributed by atoms with Crippen LogP contribution < -0.4 is 5.32 Å². The maximum atomic E-state index is 12.0. The highest BCUT2D eigenvalue weighted by Crippen LogP contribution is 2.19. The topological polar surface area (TPSA) is 42.0 Å². The first kappa shape index (κ1) is 15.4. The molecule has 0 unspecified atom stereocenters. The van der Waals surface area contributed by atoms with Gasteiger partial charge in [0.25, 0.3) is 0 Å². The predicted octanol–water partition coefficient (Wildman–Crippen LogP) is 3.98. The molecule has 116 valence electrons. The number of nitrogens with zero attached hydrogens (tertiary/aromatic N) is 1. The number of amides is 1. The number of aromatic nitrogens is 1. The van der Waals surface area contributed by atoms with E-state index >= 15 is 0 Å². The van der Waals surface area contributed by atoms with Crippen LogP contribution in [0.4, 0.5) is 0 Å². The van der Waals surface area contributed by atoms with Gasteiger partial charge in [-0.2, -0.15) is 0 Å². The lowest BCUT2D eigenvalue weighted by molar-refractivity contribution is -0.120. The average molecular weight is 322 g/mol. The molecular weight excluding hydrogens is 304 g/mol. The number of carbonyl (C=O) groups excluding carboxylic acids is 1. The number of hydrogen-bond donors (Lipinski definition) is 1. The smallest absolute Gasteiger partial charge is 0.224 e. The fourth-order valence-electron chi connectivity index (χ4n) is 2.37. The van der Waals surface area contributed by atoms with Crippen molar-refractivity contribution < 1.29 is 4.79 Å². The van der Waals surface area contributed by atoms with Crippen molar-refractivity contribution in [3.63, 3.8) is 0 Å². The molecule has 1 amide bonds. The second kappa shape index (κ2) is 7.20. The number of thiazole rings is 1. The lowest BCUT2D eigenvalue weighted by atomic mass is 10.0. The van der Waals surface area contributed by atoms with E-state index in [1.165, 1.54) is 5.56 Å². The normalized spacial score (nSPS) is 10.5. The molecule has 0 atom stereocenters. The summed E-state index contributed by atoms with van der Waals surface area (Å²) >= 11 is 1.61. The minimum Gasteiger partial charge on any atom is -0.351 e. The monoisotopic (exact) mass is 322 g/mol. The molecule has 0 fully saturated rings.